The van der Waals surface area contributed by atoms with E-state index in [1.807, 2.05) is 24.3 Å². The number of fused-ring (bicyclic) bond motifs is 5. The number of Topliss-reactive ketones (excluding diaryl/α,β-unsaturated/α-hetero) is 1. The third kappa shape index (κ3) is 4.31. The maximum Gasteiger partial charge on any atom is 0.166 e. The second kappa shape index (κ2) is 9.83. The number of carbonyl (C=O) groups is 1. The van der Waals surface area contributed by atoms with Crippen LogP contribution in [0.1, 0.15) is 85.7 Å². The first-order valence-corrected chi connectivity index (χ1v) is 13.2. The van der Waals surface area contributed by atoms with E-state index in [1.165, 1.54) is 5.56 Å². The molecule has 0 aliphatic heterocycles. The normalized spacial score (nSPS) is 32.2. The Labute approximate surface area is 203 Å². The number of rotatable bonds is 8. The van der Waals surface area contributed by atoms with E-state index in [1.54, 1.807) is 12.1 Å². The Hall–Kier alpha value is -2.17. The molecule has 0 aromatic heterocycles. The van der Waals surface area contributed by atoms with Crippen molar-refractivity contribution in [2.45, 2.75) is 76.9 Å². The maximum absolute atomic E-state index is 13.7. The van der Waals surface area contributed by atoms with Gasteiger partial charge in [0, 0.05) is 18.1 Å². The summed E-state index contributed by atoms with van der Waals surface area (Å²) in [5.74, 6) is 1.42. The Bertz CT molecular complexity index is 1000. The van der Waals surface area contributed by atoms with Crippen LogP contribution in [0, 0.1) is 23.2 Å². The molecular formula is C30H38O4. The number of hydrogen-bond acceptors (Lipinski definition) is 4. The van der Waals surface area contributed by atoms with Gasteiger partial charge in [0.2, 0.25) is 0 Å². The summed E-state index contributed by atoms with van der Waals surface area (Å²) in [6, 6.07) is 15.6. The van der Waals surface area contributed by atoms with Gasteiger partial charge in [0.1, 0.15) is 5.75 Å². The molecule has 3 aliphatic rings. The van der Waals surface area contributed by atoms with Crippen molar-refractivity contribution >= 4 is 5.78 Å². The van der Waals surface area contributed by atoms with Crippen molar-refractivity contribution in [3.8, 4) is 5.75 Å². The molecule has 3 aliphatic carbocycles. The van der Waals surface area contributed by atoms with E-state index in [9.17, 15) is 15.0 Å². The predicted octanol–water partition coefficient (Wildman–Crippen LogP) is 6.25. The molecule has 5 rings (SSSR count). The van der Waals surface area contributed by atoms with Gasteiger partial charge in [-0.1, -0.05) is 56.2 Å². The highest BCUT2D eigenvalue weighted by molar-refractivity contribution is 6.01. The van der Waals surface area contributed by atoms with E-state index in [4.69, 9.17) is 4.74 Å². The number of aliphatic hydroxyl groups is 1. The molecule has 0 heterocycles. The molecule has 0 saturated heterocycles. The first-order valence-electron chi connectivity index (χ1n) is 13.2. The molecule has 2 N–H and O–H groups in total. The van der Waals surface area contributed by atoms with Crippen LogP contribution in [-0.2, 0) is 11.3 Å². The van der Waals surface area contributed by atoms with Gasteiger partial charge in [-0.15, -0.1) is 0 Å². The van der Waals surface area contributed by atoms with Gasteiger partial charge in [-0.3, -0.25) is 4.79 Å². The van der Waals surface area contributed by atoms with Crippen molar-refractivity contribution in [3.63, 3.8) is 0 Å². The largest absolute Gasteiger partial charge is 0.508 e. The molecule has 2 aromatic rings. The molecule has 0 spiro atoms. The van der Waals surface area contributed by atoms with Crippen molar-refractivity contribution in [2.75, 3.05) is 6.61 Å². The van der Waals surface area contributed by atoms with Crippen LogP contribution in [0.15, 0.2) is 48.5 Å². The molecule has 2 fully saturated rings. The zero-order valence-corrected chi connectivity index (χ0v) is 20.3. The fourth-order valence-corrected chi connectivity index (χ4v) is 7.38. The number of benzene rings is 2. The van der Waals surface area contributed by atoms with Crippen molar-refractivity contribution in [2.24, 2.45) is 23.2 Å². The van der Waals surface area contributed by atoms with E-state index in [2.05, 4.69) is 19.1 Å². The summed E-state index contributed by atoms with van der Waals surface area (Å²) in [7, 11) is 0. The Balaban J connectivity index is 1.25. The minimum atomic E-state index is -0.253. The second-order valence-corrected chi connectivity index (χ2v) is 11.1. The molecule has 34 heavy (non-hydrogen) atoms. The molecular weight excluding hydrogens is 424 g/mol. The number of hydrogen-bond donors (Lipinski definition) is 2. The standard InChI is InChI=1S/C30H38O4/c1-30-16-15-23-22-12-11-21(31)18-25(22)29(33)24(28(23)26(30)13-14-27(30)32)10-6-3-7-17-34-19-20-8-4-2-5-9-20/h2,4-5,8-9,11-12,18,23-24,26-28,31-32H,3,6-7,10,13-17,19H2,1H3. The van der Waals surface area contributed by atoms with Gasteiger partial charge in [-0.05, 0) is 85.0 Å². The lowest BCUT2D eigenvalue weighted by Gasteiger charge is -2.52. The summed E-state index contributed by atoms with van der Waals surface area (Å²) in [5.41, 5.74) is 2.99. The highest BCUT2D eigenvalue weighted by Crippen LogP contribution is 2.62. The van der Waals surface area contributed by atoms with Crippen LogP contribution in [0.3, 0.4) is 0 Å². The van der Waals surface area contributed by atoms with Crippen molar-refractivity contribution in [3.05, 3.63) is 65.2 Å². The molecule has 0 bridgehead atoms. The molecule has 0 radical (unpaired) electrons. The number of ketones is 1. The van der Waals surface area contributed by atoms with Gasteiger partial charge in [-0.2, -0.15) is 0 Å². The minimum Gasteiger partial charge on any atom is -0.508 e. The summed E-state index contributed by atoms with van der Waals surface area (Å²) in [6.07, 6.45) is 7.59. The minimum absolute atomic E-state index is 0.0144. The van der Waals surface area contributed by atoms with Gasteiger partial charge in [0.05, 0.1) is 12.7 Å². The molecule has 4 heteroatoms. The van der Waals surface area contributed by atoms with Crippen molar-refractivity contribution in [1.29, 1.82) is 0 Å². The zero-order valence-electron chi connectivity index (χ0n) is 20.3. The average molecular weight is 463 g/mol. The van der Waals surface area contributed by atoms with E-state index < -0.39 is 0 Å². The van der Waals surface area contributed by atoms with Crippen molar-refractivity contribution < 1.29 is 19.7 Å². The number of carbonyl (C=O) groups excluding carboxylic acids is 1. The van der Waals surface area contributed by atoms with E-state index in [0.29, 0.717) is 24.4 Å². The zero-order chi connectivity index (χ0) is 23.7. The first kappa shape index (κ1) is 23.6. The number of phenols is 1. The van der Waals surface area contributed by atoms with Crippen LogP contribution < -0.4 is 0 Å². The number of unbranched alkanes of at least 4 members (excludes halogenated alkanes) is 2. The van der Waals surface area contributed by atoms with Crippen LogP contribution in [0.25, 0.3) is 0 Å². The molecule has 2 saturated carbocycles. The average Bonchev–Trinajstić information content (AvgIpc) is 3.15. The van der Waals surface area contributed by atoms with E-state index in [-0.39, 0.29) is 29.0 Å². The Morgan fingerprint density at radius 1 is 1.03 bits per heavy atom. The molecule has 0 amide bonds. The number of ether oxygens (including phenoxy) is 1. The van der Waals surface area contributed by atoms with Crippen LogP contribution in [-0.4, -0.2) is 28.7 Å². The highest BCUT2D eigenvalue weighted by atomic mass is 16.5. The second-order valence-electron chi connectivity index (χ2n) is 11.1. The topological polar surface area (TPSA) is 66.8 Å². The fourth-order valence-electron chi connectivity index (χ4n) is 7.38. The SMILES string of the molecule is CC12CCC3c4ccc(O)cc4C(=O)C(CCCCCOCc4ccccc4)C3C1CCC2O. The molecule has 182 valence electrons. The smallest absolute Gasteiger partial charge is 0.166 e. The van der Waals surface area contributed by atoms with Crippen LogP contribution in [0.4, 0.5) is 0 Å². The quantitative estimate of drug-likeness (QED) is 0.455. The van der Waals surface area contributed by atoms with Crippen LogP contribution in [0.2, 0.25) is 0 Å². The van der Waals surface area contributed by atoms with Crippen LogP contribution >= 0.6 is 0 Å². The lowest BCUT2D eigenvalue weighted by atomic mass is 9.51. The summed E-state index contributed by atoms with van der Waals surface area (Å²) < 4.78 is 5.84. The first-order chi connectivity index (χ1) is 16.5. The van der Waals surface area contributed by atoms with E-state index in [0.717, 1.165) is 69.1 Å². The lowest BCUT2D eigenvalue weighted by Crippen LogP contribution is -2.49. The summed E-state index contributed by atoms with van der Waals surface area (Å²) in [5, 5.41) is 20.9. The number of aliphatic hydroxyl groups excluding tert-OH is 1. The van der Waals surface area contributed by atoms with E-state index >= 15 is 0 Å². The highest BCUT2D eigenvalue weighted by Gasteiger charge is 2.58. The summed E-state index contributed by atoms with van der Waals surface area (Å²) >= 11 is 0. The number of aromatic hydroxyl groups is 1. The van der Waals surface area contributed by atoms with Gasteiger partial charge in [0.15, 0.2) is 5.78 Å². The number of phenolic OH excluding ortho intramolecular Hbond substituents is 1. The molecule has 6 unspecified atom stereocenters. The van der Waals surface area contributed by atoms with Gasteiger partial charge < -0.3 is 14.9 Å². The summed E-state index contributed by atoms with van der Waals surface area (Å²) in [6.45, 7) is 3.64. The molecule has 4 nitrogen and oxygen atoms in total. The lowest BCUT2D eigenvalue weighted by molar-refractivity contribution is -0.0350. The van der Waals surface area contributed by atoms with Crippen LogP contribution in [0.5, 0.6) is 5.75 Å². The Morgan fingerprint density at radius 2 is 1.85 bits per heavy atom. The Kier molecular flexibility index (Phi) is 6.81. The molecule has 2 aromatic carbocycles. The Morgan fingerprint density at radius 3 is 2.68 bits per heavy atom. The van der Waals surface area contributed by atoms with Crippen molar-refractivity contribution in [1.82, 2.24) is 0 Å². The molecule has 6 atom stereocenters. The summed E-state index contributed by atoms with van der Waals surface area (Å²) in [4.78, 5) is 13.7. The van der Waals surface area contributed by atoms with Gasteiger partial charge in [-0.25, -0.2) is 0 Å². The monoisotopic (exact) mass is 462 g/mol. The fraction of sp³-hybridized carbons (Fsp3) is 0.567. The van der Waals surface area contributed by atoms with Gasteiger partial charge in [0.25, 0.3) is 0 Å². The predicted molar refractivity (Wildman–Crippen MR) is 133 cm³/mol. The third-order valence-electron chi connectivity index (χ3n) is 9.20. The third-order valence-corrected chi connectivity index (χ3v) is 9.20. The maximum atomic E-state index is 13.7. The van der Waals surface area contributed by atoms with Gasteiger partial charge >= 0.3 is 0 Å².